The summed E-state index contributed by atoms with van der Waals surface area (Å²) < 4.78 is 0. The standard InChI is InChI=1S/C20H26N2O2/c1-3-19(23)22(17-7-5-4-6-8-17)13-16-12-15-10-9-14(2)11-18(15)21-20(16)24/h9-12,17H,3-8,13H2,1-2H3,(H,21,24). The van der Waals surface area contributed by atoms with Gasteiger partial charge in [-0.1, -0.05) is 38.3 Å². The van der Waals surface area contributed by atoms with Gasteiger partial charge in [0.05, 0.1) is 6.54 Å². The number of benzene rings is 1. The molecule has 1 saturated carbocycles. The third-order valence-electron chi connectivity index (χ3n) is 5.06. The summed E-state index contributed by atoms with van der Waals surface area (Å²) in [5.41, 5.74) is 2.57. The van der Waals surface area contributed by atoms with E-state index in [1.54, 1.807) is 0 Å². The smallest absolute Gasteiger partial charge is 0.253 e. The summed E-state index contributed by atoms with van der Waals surface area (Å²) in [4.78, 5) is 29.8. The maximum Gasteiger partial charge on any atom is 0.253 e. The van der Waals surface area contributed by atoms with Crippen molar-refractivity contribution in [3.8, 4) is 0 Å². The van der Waals surface area contributed by atoms with Crippen LogP contribution in [-0.2, 0) is 11.3 Å². The molecule has 0 aliphatic heterocycles. The number of aromatic nitrogens is 1. The van der Waals surface area contributed by atoms with Crippen molar-refractivity contribution >= 4 is 16.8 Å². The van der Waals surface area contributed by atoms with Gasteiger partial charge in [-0.05, 0) is 42.8 Å². The summed E-state index contributed by atoms with van der Waals surface area (Å²) in [7, 11) is 0. The number of hydrogen-bond donors (Lipinski definition) is 1. The number of carbonyl (C=O) groups excluding carboxylic acids is 1. The van der Waals surface area contributed by atoms with Gasteiger partial charge in [0.2, 0.25) is 5.91 Å². The lowest BCUT2D eigenvalue weighted by Crippen LogP contribution is -2.41. The number of fused-ring (bicyclic) bond motifs is 1. The van der Waals surface area contributed by atoms with Gasteiger partial charge < -0.3 is 9.88 Å². The topological polar surface area (TPSA) is 53.2 Å². The number of nitrogens with one attached hydrogen (secondary N) is 1. The number of aryl methyl sites for hydroxylation is 1. The molecular weight excluding hydrogens is 300 g/mol. The normalized spacial score (nSPS) is 15.6. The fraction of sp³-hybridized carbons (Fsp3) is 0.500. The molecule has 1 aliphatic carbocycles. The second-order valence-corrected chi connectivity index (χ2v) is 6.88. The minimum atomic E-state index is -0.0854. The SMILES string of the molecule is CCC(=O)N(Cc1cc2ccc(C)cc2[nH]c1=O)C1CCCCC1. The highest BCUT2D eigenvalue weighted by atomic mass is 16.2. The van der Waals surface area contributed by atoms with E-state index in [4.69, 9.17) is 0 Å². The molecule has 0 atom stereocenters. The van der Waals surface area contributed by atoms with Crippen LogP contribution in [0, 0.1) is 6.92 Å². The molecular formula is C20H26N2O2. The minimum absolute atomic E-state index is 0.0854. The van der Waals surface area contributed by atoms with Crippen LogP contribution in [0.15, 0.2) is 29.1 Å². The summed E-state index contributed by atoms with van der Waals surface area (Å²) in [6, 6.07) is 8.26. The largest absolute Gasteiger partial charge is 0.335 e. The highest BCUT2D eigenvalue weighted by Gasteiger charge is 2.25. The van der Waals surface area contributed by atoms with Crippen molar-refractivity contribution < 1.29 is 4.79 Å². The van der Waals surface area contributed by atoms with Crippen molar-refractivity contribution in [3.05, 3.63) is 45.7 Å². The van der Waals surface area contributed by atoms with Crippen molar-refractivity contribution in [1.82, 2.24) is 9.88 Å². The molecule has 0 saturated heterocycles. The molecule has 1 aromatic carbocycles. The van der Waals surface area contributed by atoms with Gasteiger partial charge in [-0.2, -0.15) is 0 Å². The van der Waals surface area contributed by atoms with Crippen LogP contribution in [0.25, 0.3) is 10.9 Å². The summed E-state index contributed by atoms with van der Waals surface area (Å²) in [5.74, 6) is 0.144. The molecule has 3 rings (SSSR count). The molecule has 4 heteroatoms. The maximum absolute atomic E-state index is 12.5. The molecule has 0 unspecified atom stereocenters. The Morgan fingerprint density at radius 2 is 1.96 bits per heavy atom. The van der Waals surface area contributed by atoms with Crippen molar-refractivity contribution in [2.45, 2.75) is 65.0 Å². The molecule has 1 aliphatic rings. The van der Waals surface area contributed by atoms with E-state index in [2.05, 4.69) is 4.98 Å². The first-order valence-corrected chi connectivity index (χ1v) is 9.00. The van der Waals surface area contributed by atoms with E-state index in [-0.39, 0.29) is 17.5 Å². The predicted octanol–water partition coefficient (Wildman–Crippen LogP) is 3.91. The van der Waals surface area contributed by atoms with E-state index < -0.39 is 0 Å². The first kappa shape index (κ1) is 16.7. The van der Waals surface area contributed by atoms with Crippen molar-refractivity contribution in [1.29, 1.82) is 0 Å². The van der Waals surface area contributed by atoms with Crippen LogP contribution < -0.4 is 5.56 Å². The van der Waals surface area contributed by atoms with Crippen molar-refractivity contribution in [2.75, 3.05) is 0 Å². The second kappa shape index (κ2) is 7.20. The van der Waals surface area contributed by atoms with Crippen molar-refractivity contribution in [3.63, 3.8) is 0 Å². The Morgan fingerprint density at radius 1 is 1.21 bits per heavy atom. The van der Waals surface area contributed by atoms with E-state index in [0.29, 0.717) is 18.5 Å². The molecule has 1 aromatic heterocycles. The highest BCUT2D eigenvalue weighted by molar-refractivity contribution is 5.80. The van der Waals surface area contributed by atoms with Gasteiger partial charge >= 0.3 is 0 Å². The van der Waals surface area contributed by atoms with Gasteiger partial charge in [-0.3, -0.25) is 9.59 Å². The maximum atomic E-state index is 12.5. The lowest BCUT2D eigenvalue weighted by Gasteiger charge is -2.34. The molecule has 1 N–H and O–H groups in total. The molecule has 0 bridgehead atoms. The van der Waals surface area contributed by atoms with E-state index in [0.717, 1.165) is 29.3 Å². The average Bonchev–Trinajstić information content (AvgIpc) is 2.60. The molecule has 1 amide bonds. The van der Waals surface area contributed by atoms with E-state index in [1.807, 2.05) is 43.0 Å². The predicted molar refractivity (Wildman–Crippen MR) is 97.0 cm³/mol. The van der Waals surface area contributed by atoms with Crippen LogP contribution in [0.3, 0.4) is 0 Å². The van der Waals surface area contributed by atoms with Gasteiger partial charge in [0.15, 0.2) is 0 Å². The number of H-pyrrole nitrogens is 1. The van der Waals surface area contributed by atoms with E-state index >= 15 is 0 Å². The van der Waals surface area contributed by atoms with Gasteiger partial charge in [-0.15, -0.1) is 0 Å². The Hall–Kier alpha value is -2.10. The Bertz CT molecular complexity index is 788. The first-order valence-electron chi connectivity index (χ1n) is 9.00. The summed E-state index contributed by atoms with van der Waals surface area (Å²) >= 11 is 0. The Morgan fingerprint density at radius 3 is 2.67 bits per heavy atom. The average molecular weight is 326 g/mol. The van der Waals surface area contributed by atoms with Gasteiger partial charge in [0.1, 0.15) is 0 Å². The molecule has 2 aromatic rings. The minimum Gasteiger partial charge on any atom is -0.335 e. The number of rotatable bonds is 4. The molecule has 0 radical (unpaired) electrons. The fourth-order valence-corrected chi connectivity index (χ4v) is 3.68. The van der Waals surface area contributed by atoms with Gasteiger partial charge in [0.25, 0.3) is 5.56 Å². The molecule has 1 fully saturated rings. The molecule has 4 nitrogen and oxygen atoms in total. The summed E-state index contributed by atoms with van der Waals surface area (Å²) in [5, 5.41) is 1.02. The molecule has 128 valence electrons. The third-order valence-corrected chi connectivity index (χ3v) is 5.06. The highest BCUT2D eigenvalue weighted by Crippen LogP contribution is 2.25. The van der Waals surface area contributed by atoms with Crippen LogP contribution in [0.4, 0.5) is 0 Å². The number of aromatic amines is 1. The summed E-state index contributed by atoms with van der Waals surface area (Å²) in [6.45, 7) is 4.32. The van der Waals surface area contributed by atoms with Crippen LogP contribution in [0.2, 0.25) is 0 Å². The molecule has 1 heterocycles. The van der Waals surface area contributed by atoms with Gasteiger partial charge in [0, 0.05) is 23.5 Å². The second-order valence-electron chi connectivity index (χ2n) is 6.88. The zero-order valence-corrected chi connectivity index (χ0v) is 14.6. The van der Waals surface area contributed by atoms with Gasteiger partial charge in [-0.25, -0.2) is 0 Å². The zero-order chi connectivity index (χ0) is 17.1. The van der Waals surface area contributed by atoms with E-state index in [1.165, 1.54) is 19.3 Å². The lowest BCUT2D eigenvalue weighted by atomic mass is 9.93. The fourth-order valence-electron chi connectivity index (χ4n) is 3.68. The Kier molecular flexibility index (Phi) is 5.03. The van der Waals surface area contributed by atoms with Crippen LogP contribution in [0.1, 0.15) is 56.6 Å². The van der Waals surface area contributed by atoms with Crippen LogP contribution in [-0.4, -0.2) is 21.8 Å². The number of nitrogens with zero attached hydrogens (tertiary/aromatic N) is 1. The van der Waals surface area contributed by atoms with E-state index in [9.17, 15) is 9.59 Å². The molecule has 24 heavy (non-hydrogen) atoms. The molecule has 0 spiro atoms. The zero-order valence-electron chi connectivity index (χ0n) is 14.6. The van der Waals surface area contributed by atoms with Crippen molar-refractivity contribution in [2.24, 2.45) is 0 Å². The quantitative estimate of drug-likeness (QED) is 0.926. The van der Waals surface area contributed by atoms with Crippen LogP contribution in [0.5, 0.6) is 0 Å². The first-order chi connectivity index (χ1) is 11.6. The Balaban J connectivity index is 1.92. The van der Waals surface area contributed by atoms with Crippen LogP contribution >= 0.6 is 0 Å². The monoisotopic (exact) mass is 326 g/mol. The number of hydrogen-bond acceptors (Lipinski definition) is 2. The number of carbonyl (C=O) groups is 1. The third kappa shape index (κ3) is 3.53. The lowest BCUT2D eigenvalue weighted by molar-refractivity contribution is -0.134. The Labute approximate surface area is 142 Å². The number of amides is 1. The summed E-state index contributed by atoms with van der Waals surface area (Å²) in [6.07, 6.45) is 6.19. The number of pyridine rings is 1.